The summed E-state index contributed by atoms with van der Waals surface area (Å²) < 4.78 is 5.20. The van der Waals surface area contributed by atoms with Gasteiger partial charge in [0.05, 0.1) is 17.9 Å². The van der Waals surface area contributed by atoms with E-state index >= 15 is 0 Å². The third-order valence-corrected chi connectivity index (χ3v) is 4.63. The van der Waals surface area contributed by atoms with Crippen molar-refractivity contribution >= 4 is 11.6 Å². The van der Waals surface area contributed by atoms with E-state index in [0.29, 0.717) is 12.2 Å². The molecule has 0 saturated heterocycles. The van der Waals surface area contributed by atoms with Gasteiger partial charge < -0.3 is 14.5 Å². The highest BCUT2D eigenvalue weighted by Gasteiger charge is 2.23. The van der Waals surface area contributed by atoms with Gasteiger partial charge in [0.25, 0.3) is 0 Å². The summed E-state index contributed by atoms with van der Waals surface area (Å²) in [6.07, 6.45) is 3.37. The van der Waals surface area contributed by atoms with Crippen molar-refractivity contribution in [1.82, 2.24) is 15.0 Å². The van der Waals surface area contributed by atoms with Crippen LogP contribution in [-0.4, -0.2) is 55.4 Å². The Morgan fingerprint density at radius 1 is 1.31 bits per heavy atom. The number of methoxy groups -OCH3 is 1. The molecule has 0 spiro atoms. The third-order valence-electron chi connectivity index (χ3n) is 4.63. The molecule has 7 nitrogen and oxygen atoms in total. The van der Waals surface area contributed by atoms with Gasteiger partial charge in [-0.2, -0.15) is 5.26 Å². The summed E-state index contributed by atoms with van der Waals surface area (Å²) in [6, 6.07) is 5.85. The lowest BCUT2D eigenvalue weighted by Crippen LogP contribution is -2.28. The van der Waals surface area contributed by atoms with Crippen molar-refractivity contribution in [3.05, 3.63) is 41.0 Å². The van der Waals surface area contributed by atoms with Crippen LogP contribution in [0, 0.1) is 18.3 Å². The fraction of sp³-hybridized carbons (Fsp3) is 0.474. The van der Waals surface area contributed by atoms with E-state index in [1.807, 2.05) is 20.0 Å². The Bertz CT molecular complexity index is 816. The predicted molar refractivity (Wildman–Crippen MR) is 100 cm³/mol. The summed E-state index contributed by atoms with van der Waals surface area (Å²) >= 11 is 0. The van der Waals surface area contributed by atoms with E-state index in [4.69, 9.17) is 4.74 Å². The van der Waals surface area contributed by atoms with E-state index in [-0.39, 0.29) is 0 Å². The van der Waals surface area contributed by atoms with Crippen molar-refractivity contribution in [2.24, 2.45) is 0 Å². The molecule has 2 aromatic heterocycles. The molecule has 0 unspecified atom stereocenters. The van der Waals surface area contributed by atoms with Gasteiger partial charge in [-0.3, -0.25) is 0 Å². The first-order chi connectivity index (χ1) is 12.6. The highest BCUT2D eigenvalue weighted by molar-refractivity contribution is 5.56. The van der Waals surface area contributed by atoms with Crippen molar-refractivity contribution in [3.8, 4) is 6.07 Å². The number of fused-ring (bicyclic) bond motifs is 1. The minimum Gasteiger partial charge on any atom is -0.383 e. The molecule has 3 heterocycles. The van der Waals surface area contributed by atoms with Crippen LogP contribution in [0.25, 0.3) is 0 Å². The smallest absolute Gasteiger partial charge is 0.146 e. The zero-order valence-corrected chi connectivity index (χ0v) is 15.6. The molecule has 0 amide bonds. The number of rotatable bonds is 5. The Hall–Kier alpha value is -2.72. The Morgan fingerprint density at radius 3 is 2.88 bits per heavy atom. The molecule has 1 aliphatic heterocycles. The summed E-state index contributed by atoms with van der Waals surface area (Å²) in [5.41, 5.74) is 2.89. The number of nitrogens with zero attached hydrogens (tertiary/aromatic N) is 6. The molecule has 26 heavy (non-hydrogen) atoms. The summed E-state index contributed by atoms with van der Waals surface area (Å²) in [5, 5.41) is 9.37. The molecule has 3 rings (SSSR count). The summed E-state index contributed by atoms with van der Waals surface area (Å²) in [5.74, 6) is 2.52. The Balaban J connectivity index is 1.89. The van der Waals surface area contributed by atoms with Crippen LogP contribution in [0.5, 0.6) is 0 Å². The number of ether oxygens (including phenoxy) is 1. The number of pyridine rings is 1. The number of aryl methyl sites for hydroxylation is 1. The number of aromatic nitrogens is 3. The highest BCUT2D eigenvalue weighted by atomic mass is 16.5. The largest absolute Gasteiger partial charge is 0.383 e. The molecule has 2 aromatic rings. The molecule has 0 bridgehead atoms. The summed E-state index contributed by atoms with van der Waals surface area (Å²) in [6.45, 7) is 4.94. The van der Waals surface area contributed by atoms with E-state index in [1.54, 1.807) is 19.4 Å². The van der Waals surface area contributed by atoms with E-state index in [1.165, 1.54) is 5.56 Å². The van der Waals surface area contributed by atoms with Crippen LogP contribution in [-0.2, 0) is 17.6 Å². The van der Waals surface area contributed by atoms with Crippen LogP contribution in [0.1, 0.15) is 22.6 Å². The molecule has 0 fully saturated rings. The van der Waals surface area contributed by atoms with Crippen LogP contribution >= 0.6 is 0 Å². The van der Waals surface area contributed by atoms with E-state index in [2.05, 4.69) is 30.8 Å². The zero-order chi connectivity index (χ0) is 18.5. The minimum absolute atomic E-state index is 0.609. The molecular weight excluding hydrogens is 328 g/mol. The maximum absolute atomic E-state index is 9.37. The first-order valence-electron chi connectivity index (χ1n) is 8.80. The fourth-order valence-electron chi connectivity index (χ4n) is 3.30. The SMILES string of the molecule is COCCN(C)c1nc(C)nc2c1CCN(c1ncccc1C#N)CC2. The maximum atomic E-state index is 9.37. The molecule has 0 saturated carbocycles. The highest BCUT2D eigenvalue weighted by Crippen LogP contribution is 2.26. The number of nitriles is 1. The lowest BCUT2D eigenvalue weighted by molar-refractivity contribution is 0.206. The van der Waals surface area contributed by atoms with Gasteiger partial charge >= 0.3 is 0 Å². The van der Waals surface area contributed by atoms with E-state index in [0.717, 1.165) is 55.6 Å². The monoisotopic (exact) mass is 352 g/mol. The average Bonchev–Trinajstić information content (AvgIpc) is 2.87. The standard InChI is InChI=1S/C19H24N6O/c1-14-22-17-7-10-25(18-15(13-20)5-4-8-21-18)9-6-16(17)19(23-14)24(2)11-12-26-3/h4-5,8H,6-7,9-12H2,1-3H3. The first kappa shape index (κ1) is 18.1. The first-order valence-corrected chi connectivity index (χ1v) is 8.80. The number of hydrogen-bond donors (Lipinski definition) is 0. The van der Waals surface area contributed by atoms with Crippen LogP contribution < -0.4 is 9.80 Å². The van der Waals surface area contributed by atoms with Crippen LogP contribution in [0.3, 0.4) is 0 Å². The van der Waals surface area contributed by atoms with Crippen molar-refractivity contribution < 1.29 is 4.74 Å². The average molecular weight is 352 g/mol. The van der Waals surface area contributed by atoms with Crippen LogP contribution in [0.4, 0.5) is 11.6 Å². The maximum Gasteiger partial charge on any atom is 0.146 e. The van der Waals surface area contributed by atoms with E-state index in [9.17, 15) is 5.26 Å². The lowest BCUT2D eigenvalue weighted by Gasteiger charge is -2.23. The van der Waals surface area contributed by atoms with E-state index < -0.39 is 0 Å². The second-order valence-electron chi connectivity index (χ2n) is 6.41. The van der Waals surface area contributed by atoms with Crippen molar-refractivity contribution in [1.29, 1.82) is 5.26 Å². The van der Waals surface area contributed by atoms with Gasteiger partial charge in [0.2, 0.25) is 0 Å². The molecule has 0 aromatic carbocycles. The Morgan fingerprint density at radius 2 is 2.12 bits per heavy atom. The predicted octanol–water partition coefficient (Wildman–Crippen LogP) is 1.74. The number of hydrogen-bond acceptors (Lipinski definition) is 7. The molecule has 0 atom stereocenters. The van der Waals surface area contributed by atoms with Gasteiger partial charge in [0, 0.05) is 52.0 Å². The Labute approximate surface area is 154 Å². The number of anilines is 2. The van der Waals surface area contributed by atoms with Crippen LogP contribution in [0.2, 0.25) is 0 Å². The normalized spacial score (nSPS) is 13.7. The van der Waals surface area contributed by atoms with Gasteiger partial charge in [-0.25, -0.2) is 15.0 Å². The number of likely N-dealkylation sites (N-methyl/N-ethyl adjacent to an activating group) is 1. The molecule has 0 radical (unpaired) electrons. The molecule has 136 valence electrons. The van der Waals surface area contributed by atoms with Crippen molar-refractivity contribution in [2.45, 2.75) is 19.8 Å². The fourth-order valence-corrected chi connectivity index (χ4v) is 3.30. The van der Waals surface area contributed by atoms with Crippen molar-refractivity contribution in [3.63, 3.8) is 0 Å². The minimum atomic E-state index is 0.609. The molecule has 7 heteroatoms. The van der Waals surface area contributed by atoms with Gasteiger partial charge in [0.15, 0.2) is 0 Å². The molecule has 0 aliphatic carbocycles. The second-order valence-corrected chi connectivity index (χ2v) is 6.41. The molecule has 0 N–H and O–H groups in total. The summed E-state index contributed by atoms with van der Waals surface area (Å²) in [7, 11) is 3.74. The van der Waals surface area contributed by atoms with Crippen molar-refractivity contribution in [2.75, 3.05) is 50.2 Å². The van der Waals surface area contributed by atoms with Gasteiger partial charge in [-0.15, -0.1) is 0 Å². The summed E-state index contributed by atoms with van der Waals surface area (Å²) in [4.78, 5) is 18.1. The zero-order valence-electron chi connectivity index (χ0n) is 15.6. The quantitative estimate of drug-likeness (QED) is 0.811. The topological polar surface area (TPSA) is 78.2 Å². The lowest BCUT2D eigenvalue weighted by atomic mass is 10.1. The molecule has 1 aliphatic rings. The second kappa shape index (κ2) is 8.11. The van der Waals surface area contributed by atoms with Gasteiger partial charge in [0.1, 0.15) is 23.5 Å². The van der Waals surface area contributed by atoms with Crippen LogP contribution in [0.15, 0.2) is 18.3 Å². The van der Waals surface area contributed by atoms with Gasteiger partial charge in [-0.05, 0) is 25.5 Å². The molecular formula is C19H24N6O. The third kappa shape index (κ3) is 3.75. The van der Waals surface area contributed by atoms with Gasteiger partial charge in [-0.1, -0.05) is 0 Å². The Kier molecular flexibility index (Phi) is 5.64.